The molecule has 2 unspecified atom stereocenters. The summed E-state index contributed by atoms with van der Waals surface area (Å²) in [6.07, 6.45) is 1.01. The number of halogens is 1. The van der Waals surface area contributed by atoms with Gasteiger partial charge in [0.2, 0.25) is 5.96 Å². The van der Waals surface area contributed by atoms with E-state index < -0.39 is 0 Å². The van der Waals surface area contributed by atoms with Crippen molar-refractivity contribution in [2.24, 2.45) is 15.9 Å². The van der Waals surface area contributed by atoms with Crippen LogP contribution in [-0.4, -0.2) is 18.2 Å². The number of hydrogen-bond donors (Lipinski definition) is 1. The number of fused-ring (bicyclic) bond motifs is 3. The highest BCUT2D eigenvalue weighted by molar-refractivity contribution is 6.30. The molecule has 0 saturated carbocycles. The maximum Gasteiger partial charge on any atom is 0.222 e. The van der Waals surface area contributed by atoms with E-state index >= 15 is 0 Å². The maximum atomic E-state index is 6.11. The van der Waals surface area contributed by atoms with E-state index in [0.29, 0.717) is 17.8 Å². The van der Waals surface area contributed by atoms with Crippen molar-refractivity contribution in [1.29, 1.82) is 0 Å². The van der Waals surface area contributed by atoms with Gasteiger partial charge < -0.3 is 5.32 Å². The van der Waals surface area contributed by atoms with Crippen LogP contribution in [-0.2, 0) is 0 Å². The predicted octanol–water partition coefficient (Wildman–Crippen LogP) is 6.07. The summed E-state index contributed by atoms with van der Waals surface area (Å²) >= 11 is 6.11. The van der Waals surface area contributed by atoms with E-state index in [2.05, 4.69) is 60.8 Å². The Morgan fingerprint density at radius 1 is 0.966 bits per heavy atom. The standard InChI is InChI=1S/C25H22ClN3/c1-16-5-4-6-20(13-16)28-25-27-15-18-14-23(17-9-11-19(26)12-10-17)21-7-2-3-8-22(21)24(18)29-25/h2-13,18,23H,14-15H2,1H3,(H,27,28). The molecule has 3 aromatic rings. The molecule has 0 spiro atoms. The number of aryl methyl sites for hydroxylation is 1. The van der Waals surface area contributed by atoms with Gasteiger partial charge in [-0.3, -0.25) is 4.99 Å². The summed E-state index contributed by atoms with van der Waals surface area (Å²) in [5.74, 6) is 1.36. The van der Waals surface area contributed by atoms with Crippen LogP contribution in [0.25, 0.3) is 0 Å². The van der Waals surface area contributed by atoms with Crippen LogP contribution >= 0.6 is 11.6 Å². The molecule has 1 N–H and O–H groups in total. The van der Waals surface area contributed by atoms with Gasteiger partial charge in [-0.1, -0.05) is 60.1 Å². The van der Waals surface area contributed by atoms with Crippen molar-refractivity contribution in [2.75, 3.05) is 11.9 Å². The highest BCUT2D eigenvalue weighted by Crippen LogP contribution is 2.40. The molecule has 0 saturated heterocycles. The molecule has 2 atom stereocenters. The van der Waals surface area contributed by atoms with Gasteiger partial charge in [0.15, 0.2) is 0 Å². The minimum absolute atomic E-state index is 0.327. The van der Waals surface area contributed by atoms with Gasteiger partial charge >= 0.3 is 0 Å². The second-order valence-electron chi connectivity index (χ2n) is 7.78. The van der Waals surface area contributed by atoms with Crippen molar-refractivity contribution < 1.29 is 0 Å². The first-order valence-electron chi connectivity index (χ1n) is 9.99. The second-order valence-corrected chi connectivity index (χ2v) is 8.22. The van der Waals surface area contributed by atoms with Gasteiger partial charge in [-0.25, -0.2) is 4.99 Å². The van der Waals surface area contributed by atoms with E-state index in [4.69, 9.17) is 21.6 Å². The first-order valence-corrected chi connectivity index (χ1v) is 10.4. The van der Waals surface area contributed by atoms with E-state index in [0.717, 1.165) is 29.4 Å². The van der Waals surface area contributed by atoms with Crippen LogP contribution in [0.15, 0.2) is 82.8 Å². The van der Waals surface area contributed by atoms with Crippen LogP contribution in [0.4, 0.5) is 5.69 Å². The van der Waals surface area contributed by atoms with E-state index in [9.17, 15) is 0 Å². The molecule has 5 rings (SSSR count). The minimum Gasteiger partial charge on any atom is -0.324 e. The normalized spacial score (nSPS) is 20.2. The average Bonchev–Trinajstić information content (AvgIpc) is 2.74. The summed E-state index contributed by atoms with van der Waals surface area (Å²) in [5.41, 5.74) is 7.26. The van der Waals surface area contributed by atoms with E-state index in [-0.39, 0.29) is 0 Å². The van der Waals surface area contributed by atoms with Crippen LogP contribution < -0.4 is 5.32 Å². The highest BCUT2D eigenvalue weighted by Gasteiger charge is 2.34. The van der Waals surface area contributed by atoms with Gasteiger partial charge in [0.05, 0.1) is 12.3 Å². The van der Waals surface area contributed by atoms with Gasteiger partial charge in [-0.2, -0.15) is 0 Å². The molecule has 0 fully saturated rings. The van der Waals surface area contributed by atoms with Gasteiger partial charge in [0.1, 0.15) is 0 Å². The molecule has 1 aliphatic carbocycles. The Balaban J connectivity index is 1.50. The molecule has 1 heterocycles. The minimum atomic E-state index is 0.327. The maximum absolute atomic E-state index is 6.11. The molecular formula is C25H22ClN3. The van der Waals surface area contributed by atoms with E-state index in [1.165, 1.54) is 22.3 Å². The fraction of sp³-hybridized carbons (Fsp3) is 0.200. The molecule has 29 heavy (non-hydrogen) atoms. The summed E-state index contributed by atoms with van der Waals surface area (Å²) < 4.78 is 0. The molecule has 0 bridgehead atoms. The Morgan fingerprint density at radius 3 is 2.62 bits per heavy atom. The van der Waals surface area contributed by atoms with Gasteiger partial charge in [-0.15, -0.1) is 0 Å². The molecule has 3 nitrogen and oxygen atoms in total. The summed E-state index contributed by atoms with van der Waals surface area (Å²) in [5, 5.41) is 4.15. The van der Waals surface area contributed by atoms with Crippen LogP contribution in [0.3, 0.4) is 0 Å². The smallest absolute Gasteiger partial charge is 0.222 e. The summed E-state index contributed by atoms with van der Waals surface area (Å²) in [6.45, 7) is 2.84. The third-order valence-electron chi connectivity index (χ3n) is 5.75. The quantitative estimate of drug-likeness (QED) is 0.557. The molecule has 144 valence electrons. The molecule has 4 heteroatoms. The second kappa shape index (κ2) is 7.49. The molecule has 0 aromatic heterocycles. The molecular weight excluding hydrogens is 378 g/mol. The van der Waals surface area contributed by atoms with Gasteiger partial charge in [0.25, 0.3) is 0 Å². The number of guanidine groups is 1. The first kappa shape index (κ1) is 18.1. The Hall–Kier alpha value is -2.91. The molecule has 2 aliphatic rings. The lowest BCUT2D eigenvalue weighted by molar-refractivity contribution is 0.564. The topological polar surface area (TPSA) is 36.8 Å². The zero-order chi connectivity index (χ0) is 19.8. The van der Waals surface area contributed by atoms with E-state index in [1.54, 1.807) is 0 Å². The number of anilines is 1. The number of benzene rings is 3. The van der Waals surface area contributed by atoms with Crippen LogP contribution in [0.1, 0.15) is 34.6 Å². The Bertz CT molecular complexity index is 1110. The summed E-state index contributed by atoms with van der Waals surface area (Å²) in [4.78, 5) is 9.70. The van der Waals surface area contributed by atoms with E-state index in [1.807, 2.05) is 24.3 Å². The van der Waals surface area contributed by atoms with Crippen molar-refractivity contribution in [2.45, 2.75) is 19.3 Å². The van der Waals surface area contributed by atoms with Crippen LogP contribution in [0.2, 0.25) is 5.02 Å². The van der Waals surface area contributed by atoms with Gasteiger partial charge in [0, 0.05) is 28.1 Å². The Kier molecular flexibility index (Phi) is 4.69. The third kappa shape index (κ3) is 3.58. The lowest BCUT2D eigenvalue weighted by Gasteiger charge is -2.34. The molecule has 3 aromatic carbocycles. The van der Waals surface area contributed by atoms with Crippen molar-refractivity contribution in [3.8, 4) is 0 Å². The number of hydrogen-bond acceptors (Lipinski definition) is 3. The SMILES string of the molecule is Cc1cccc(NC2=NCC3CC(c4ccc(Cl)cc4)c4ccccc4C3=N2)c1. The van der Waals surface area contributed by atoms with Crippen molar-refractivity contribution in [3.63, 3.8) is 0 Å². The fourth-order valence-corrected chi connectivity index (χ4v) is 4.49. The van der Waals surface area contributed by atoms with Gasteiger partial charge in [-0.05, 0) is 54.3 Å². The van der Waals surface area contributed by atoms with Crippen LogP contribution in [0, 0.1) is 12.8 Å². The predicted molar refractivity (Wildman–Crippen MR) is 121 cm³/mol. The fourth-order valence-electron chi connectivity index (χ4n) is 4.37. The monoisotopic (exact) mass is 399 g/mol. The van der Waals surface area contributed by atoms with Crippen molar-refractivity contribution >= 4 is 29.0 Å². The summed E-state index contributed by atoms with van der Waals surface area (Å²) in [7, 11) is 0. The number of nitrogens with zero attached hydrogens (tertiary/aromatic N) is 2. The lowest BCUT2D eigenvalue weighted by atomic mass is 9.72. The zero-order valence-electron chi connectivity index (χ0n) is 16.3. The molecule has 0 amide bonds. The zero-order valence-corrected chi connectivity index (χ0v) is 17.0. The first-order chi connectivity index (χ1) is 14.2. The number of rotatable bonds is 2. The van der Waals surface area contributed by atoms with Crippen LogP contribution in [0.5, 0.6) is 0 Å². The van der Waals surface area contributed by atoms with Crippen molar-refractivity contribution in [1.82, 2.24) is 0 Å². The highest BCUT2D eigenvalue weighted by atomic mass is 35.5. The summed E-state index contributed by atoms with van der Waals surface area (Å²) in [6, 6.07) is 25.2. The molecule has 0 radical (unpaired) electrons. The number of nitrogens with one attached hydrogen (secondary N) is 1. The Morgan fingerprint density at radius 2 is 1.79 bits per heavy atom. The largest absolute Gasteiger partial charge is 0.324 e. The lowest BCUT2D eigenvalue weighted by Crippen LogP contribution is -2.33. The Labute approximate surface area is 176 Å². The number of aliphatic imine (C=N–C) groups is 2. The molecule has 1 aliphatic heterocycles. The van der Waals surface area contributed by atoms with Crippen molar-refractivity contribution in [3.05, 3.63) is 100 Å². The average molecular weight is 400 g/mol. The third-order valence-corrected chi connectivity index (χ3v) is 6.01.